The SMILES string of the molecule is COC(CO)CC(F)n1cnc2c(NC3(C)CCC3)nc(C(F)(F)F)nc21. The zero-order valence-electron chi connectivity index (χ0n) is 14.9. The highest BCUT2D eigenvalue weighted by atomic mass is 19.4. The van der Waals surface area contributed by atoms with Gasteiger partial charge < -0.3 is 15.2 Å². The van der Waals surface area contributed by atoms with Gasteiger partial charge in [0.25, 0.3) is 0 Å². The van der Waals surface area contributed by atoms with E-state index in [9.17, 15) is 17.6 Å². The predicted octanol–water partition coefficient (Wildman–Crippen LogP) is 3.07. The first-order chi connectivity index (χ1) is 12.7. The van der Waals surface area contributed by atoms with Crippen molar-refractivity contribution in [1.29, 1.82) is 0 Å². The minimum Gasteiger partial charge on any atom is -0.394 e. The van der Waals surface area contributed by atoms with Crippen molar-refractivity contribution in [1.82, 2.24) is 19.5 Å². The number of anilines is 1. The fourth-order valence-corrected chi connectivity index (χ4v) is 3.03. The molecule has 2 aromatic heterocycles. The zero-order valence-corrected chi connectivity index (χ0v) is 14.9. The number of aliphatic hydroxyl groups excluding tert-OH is 1. The third-order valence-electron chi connectivity index (χ3n) is 4.85. The van der Waals surface area contributed by atoms with E-state index in [0.29, 0.717) is 0 Å². The zero-order chi connectivity index (χ0) is 19.8. The van der Waals surface area contributed by atoms with Crippen LogP contribution in [0.15, 0.2) is 6.33 Å². The molecular weight excluding hydrogens is 370 g/mol. The van der Waals surface area contributed by atoms with E-state index in [1.165, 1.54) is 7.11 Å². The van der Waals surface area contributed by atoms with Gasteiger partial charge in [0.2, 0.25) is 5.82 Å². The van der Waals surface area contributed by atoms with Crippen LogP contribution in [0.5, 0.6) is 0 Å². The minimum atomic E-state index is -4.79. The molecule has 0 aliphatic heterocycles. The molecule has 7 nitrogen and oxygen atoms in total. The number of alkyl halides is 4. The van der Waals surface area contributed by atoms with E-state index in [1.807, 2.05) is 6.92 Å². The summed E-state index contributed by atoms with van der Waals surface area (Å²) >= 11 is 0. The number of imidazole rings is 1. The largest absolute Gasteiger partial charge is 0.451 e. The first-order valence-electron chi connectivity index (χ1n) is 8.54. The van der Waals surface area contributed by atoms with E-state index in [4.69, 9.17) is 9.84 Å². The molecule has 1 aliphatic carbocycles. The Morgan fingerprint density at radius 3 is 2.59 bits per heavy atom. The average molecular weight is 391 g/mol. The van der Waals surface area contributed by atoms with Gasteiger partial charge in [0.15, 0.2) is 23.3 Å². The number of ether oxygens (including phenoxy) is 1. The lowest BCUT2D eigenvalue weighted by Gasteiger charge is -2.39. The number of methoxy groups -OCH3 is 1. The van der Waals surface area contributed by atoms with Crippen LogP contribution >= 0.6 is 0 Å². The summed E-state index contributed by atoms with van der Waals surface area (Å²) in [6.07, 6.45) is -3.98. The minimum absolute atomic E-state index is 0.0640. The van der Waals surface area contributed by atoms with Crippen molar-refractivity contribution in [3.63, 3.8) is 0 Å². The Kier molecular flexibility index (Phi) is 5.26. The Morgan fingerprint density at radius 1 is 1.37 bits per heavy atom. The summed E-state index contributed by atoms with van der Waals surface area (Å²) in [6, 6.07) is 0. The van der Waals surface area contributed by atoms with Gasteiger partial charge in [-0.25, -0.2) is 19.3 Å². The van der Waals surface area contributed by atoms with Crippen LogP contribution in [0, 0.1) is 0 Å². The lowest BCUT2D eigenvalue weighted by Crippen LogP contribution is -2.42. The summed E-state index contributed by atoms with van der Waals surface area (Å²) in [4.78, 5) is 11.1. The Balaban J connectivity index is 2.04. The molecular formula is C16H21F4N5O2. The summed E-state index contributed by atoms with van der Waals surface area (Å²) in [7, 11) is 1.31. The number of hydrogen-bond acceptors (Lipinski definition) is 6. The Morgan fingerprint density at radius 2 is 2.07 bits per heavy atom. The van der Waals surface area contributed by atoms with Gasteiger partial charge in [-0.2, -0.15) is 13.2 Å². The smallest absolute Gasteiger partial charge is 0.394 e. The molecule has 1 saturated carbocycles. The number of halogens is 4. The molecule has 0 aromatic carbocycles. The van der Waals surface area contributed by atoms with Crippen LogP contribution in [-0.4, -0.2) is 50.0 Å². The van der Waals surface area contributed by atoms with Gasteiger partial charge in [0.05, 0.1) is 19.0 Å². The van der Waals surface area contributed by atoms with Crippen LogP contribution in [0.2, 0.25) is 0 Å². The highest BCUT2D eigenvalue weighted by Crippen LogP contribution is 2.37. The molecule has 2 unspecified atom stereocenters. The van der Waals surface area contributed by atoms with Crippen molar-refractivity contribution in [3.05, 3.63) is 12.2 Å². The molecule has 2 N–H and O–H groups in total. The van der Waals surface area contributed by atoms with Crippen molar-refractivity contribution in [2.75, 3.05) is 19.0 Å². The summed E-state index contributed by atoms with van der Waals surface area (Å²) in [5, 5.41) is 12.2. The van der Waals surface area contributed by atoms with Gasteiger partial charge in [-0.15, -0.1) is 0 Å². The maximum absolute atomic E-state index is 14.7. The molecule has 2 aromatic rings. The maximum Gasteiger partial charge on any atom is 0.451 e. The van der Waals surface area contributed by atoms with E-state index in [2.05, 4.69) is 20.3 Å². The molecule has 150 valence electrons. The molecule has 3 rings (SSSR count). The highest BCUT2D eigenvalue weighted by Gasteiger charge is 2.38. The van der Waals surface area contributed by atoms with Crippen molar-refractivity contribution in [3.8, 4) is 0 Å². The number of nitrogens with zero attached hydrogens (tertiary/aromatic N) is 4. The van der Waals surface area contributed by atoms with Crippen molar-refractivity contribution in [2.24, 2.45) is 0 Å². The van der Waals surface area contributed by atoms with Crippen molar-refractivity contribution >= 4 is 17.0 Å². The Bertz CT molecular complexity index is 802. The lowest BCUT2D eigenvalue weighted by atomic mass is 9.78. The molecule has 0 amide bonds. The molecule has 11 heteroatoms. The Hall–Kier alpha value is -2.01. The monoisotopic (exact) mass is 391 g/mol. The summed E-state index contributed by atoms with van der Waals surface area (Å²) < 4.78 is 60.3. The average Bonchev–Trinajstić information content (AvgIpc) is 3.01. The molecule has 1 fully saturated rings. The van der Waals surface area contributed by atoms with Crippen LogP contribution in [0.3, 0.4) is 0 Å². The topological polar surface area (TPSA) is 85.1 Å². The number of aromatic nitrogens is 4. The standard InChI is InChI=1S/C16H21F4N5O2/c1-15(4-3-5-15)24-12-11-13(23-14(22-12)16(18,19)20)25(8-21-11)10(17)6-9(7-26)27-2/h8-10,26H,3-7H2,1-2H3,(H,22,23,24). The molecule has 27 heavy (non-hydrogen) atoms. The fraction of sp³-hybridized carbons (Fsp3) is 0.688. The van der Waals surface area contributed by atoms with Crippen LogP contribution in [0.4, 0.5) is 23.4 Å². The van der Waals surface area contributed by atoms with E-state index in [1.54, 1.807) is 0 Å². The number of aliphatic hydroxyl groups is 1. The van der Waals surface area contributed by atoms with Gasteiger partial charge in [0, 0.05) is 19.1 Å². The molecule has 0 saturated heterocycles. The van der Waals surface area contributed by atoms with Gasteiger partial charge in [0.1, 0.15) is 0 Å². The second-order valence-corrected chi connectivity index (χ2v) is 6.97. The second kappa shape index (κ2) is 7.19. The highest BCUT2D eigenvalue weighted by molar-refractivity contribution is 5.83. The van der Waals surface area contributed by atoms with E-state index in [-0.39, 0.29) is 28.9 Å². The van der Waals surface area contributed by atoms with Crippen LogP contribution in [0.1, 0.15) is 44.7 Å². The summed E-state index contributed by atoms with van der Waals surface area (Å²) in [5.74, 6) is -1.43. The van der Waals surface area contributed by atoms with Gasteiger partial charge >= 0.3 is 6.18 Å². The van der Waals surface area contributed by atoms with Gasteiger partial charge in [-0.3, -0.25) is 4.57 Å². The van der Waals surface area contributed by atoms with Crippen LogP contribution < -0.4 is 5.32 Å². The molecule has 1 aliphatic rings. The second-order valence-electron chi connectivity index (χ2n) is 6.97. The van der Waals surface area contributed by atoms with E-state index < -0.39 is 31.0 Å². The third-order valence-corrected chi connectivity index (χ3v) is 4.85. The fourth-order valence-electron chi connectivity index (χ4n) is 3.03. The molecule has 0 bridgehead atoms. The van der Waals surface area contributed by atoms with Gasteiger partial charge in [-0.1, -0.05) is 0 Å². The molecule has 0 radical (unpaired) electrons. The van der Waals surface area contributed by atoms with E-state index >= 15 is 0 Å². The molecule has 2 heterocycles. The normalized spacial score (nSPS) is 18.9. The lowest BCUT2D eigenvalue weighted by molar-refractivity contribution is -0.144. The predicted molar refractivity (Wildman–Crippen MR) is 88.8 cm³/mol. The molecule has 0 spiro atoms. The first kappa shape index (κ1) is 19.7. The third kappa shape index (κ3) is 3.98. The van der Waals surface area contributed by atoms with Gasteiger partial charge in [-0.05, 0) is 26.2 Å². The number of fused-ring (bicyclic) bond motifs is 1. The maximum atomic E-state index is 14.7. The van der Waals surface area contributed by atoms with Crippen molar-refractivity contribution < 1.29 is 27.4 Å². The van der Waals surface area contributed by atoms with Crippen LogP contribution in [-0.2, 0) is 10.9 Å². The Labute approximate surface area is 152 Å². The number of hydrogen-bond donors (Lipinski definition) is 2. The first-order valence-corrected chi connectivity index (χ1v) is 8.54. The number of rotatable bonds is 7. The molecule has 2 atom stereocenters. The number of nitrogens with one attached hydrogen (secondary N) is 1. The summed E-state index contributed by atoms with van der Waals surface area (Å²) in [6.45, 7) is 1.47. The summed E-state index contributed by atoms with van der Waals surface area (Å²) in [5.41, 5.74) is -0.569. The van der Waals surface area contributed by atoms with Crippen LogP contribution in [0.25, 0.3) is 11.2 Å². The van der Waals surface area contributed by atoms with Crippen molar-refractivity contribution in [2.45, 2.75) is 56.7 Å². The van der Waals surface area contributed by atoms with E-state index in [0.717, 1.165) is 30.2 Å². The quantitative estimate of drug-likeness (QED) is 0.706.